The van der Waals surface area contributed by atoms with Gasteiger partial charge in [0, 0.05) is 5.69 Å². The van der Waals surface area contributed by atoms with Crippen LogP contribution in [0, 0.1) is 6.92 Å². The predicted octanol–water partition coefficient (Wildman–Crippen LogP) is 4.88. The van der Waals surface area contributed by atoms with Crippen LogP contribution in [-0.4, -0.2) is 11.6 Å². The van der Waals surface area contributed by atoms with E-state index in [1.165, 1.54) is 0 Å². The third-order valence-corrected chi connectivity index (χ3v) is 1.69. The van der Waals surface area contributed by atoms with Crippen molar-refractivity contribution in [3.05, 3.63) is 23.0 Å². The van der Waals surface area contributed by atoms with Crippen molar-refractivity contribution in [2.45, 2.75) is 48.0 Å². The second-order valence-electron chi connectivity index (χ2n) is 2.59. The average molecular weight is 246 g/mol. The molecule has 2 nitrogen and oxygen atoms in total. The number of hydrogen-bond acceptors (Lipinski definition) is 2. The number of aromatic nitrogens is 1. The van der Waals surface area contributed by atoms with Gasteiger partial charge in [-0.25, -0.2) is 4.98 Å². The molecule has 94 valence electrons. The Kier molecular flexibility index (Phi) is 13.6. The summed E-state index contributed by atoms with van der Waals surface area (Å²) in [5.74, 6) is 0.670. The number of ether oxygens (including phenoxy) is 1. The maximum absolute atomic E-state index is 5.83. The Labute approximate surface area is 105 Å². The highest BCUT2D eigenvalue weighted by atomic mass is 35.5. The fraction of sp³-hybridized carbons (Fsp3) is 0.615. The molecule has 1 aromatic heterocycles. The summed E-state index contributed by atoms with van der Waals surface area (Å²) in [6, 6.07) is 3.73. The molecule has 0 aliphatic carbocycles. The Bertz CT molecular complexity index is 264. The summed E-state index contributed by atoms with van der Waals surface area (Å²) in [6.45, 7) is 12.6. The molecule has 1 rings (SSSR count). The molecule has 0 atom stereocenters. The maximum Gasteiger partial charge on any atom is 0.171 e. The molecule has 0 fully saturated rings. The minimum atomic E-state index is 0.448. The van der Waals surface area contributed by atoms with Crippen molar-refractivity contribution in [3.8, 4) is 5.75 Å². The van der Waals surface area contributed by atoms with Gasteiger partial charge in [0.25, 0.3) is 0 Å². The monoisotopic (exact) mass is 245 g/mol. The van der Waals surface area contributed by atoms with Crippen LogP contribution in [0.3, 0.4) is 0 Å². The minimum Gasteiger partial charge on any atom is -0.490 e. The van der Waals surface area contributed by atoms with E-state index in [1.807, 2.05) is 46.8 Å². The normalized spacial score (nSPS) is 8.19. The molecule has 0 aromatic carbocycles. The smallest absolute Gasteiger partial charge is 0.171 e. The average Bonchev–Trinajstić information content (AvgIpc) is 2.33. The molecule has 0 aliphatic heterocycles. The summed E-state index contributed by atoms with van der Waals surface area (Å²) in [7, 11) is 0. The van der Waals surface area contributed by atoms with Crippen LogP contribution in [0.5, 0.6) is 5.75 Å². The lowest BCUT2D eigenvalue weighted by Crippen LogP contribution is -1.96. The number of hydrogen-bond donors (Lipinski definition) is 0. The first-order valence-corrected chi connectivity index (χ1v) is 6.37. The van der Waals surface area contributed by atoms with Crippen molar-refractivity contribution in [2.75, 3.05) is 6.61 Å². The van der Waals surface area contributed by atoms with E-state index >= 15 is 0 Å². The quantitative estimate of drug-likeness (QED) is 0.708. The first-order chi connectivity index (χ1) is 7.74. The summed E-state index contributed by atoms with van der Waals surface area (Å²) < 4.78 is 5.35. The third-order valence-electron chi connectivity index (χ3n) is 1.42. The van der Waals surface area contributed by atoms with Crippen LogP contribution < -0.4 is 4.74 Å². The molecule has 0 aliphatic rings. The molecule has 0 N–H and O–H groups in total. The van der Waals surface area contributed by atoms with Gasteiger partial charge in [-0.2, -0.15) is 0 Å². The molecule has 3 heteroatoms. The highest BCUT2D eigenvalue weighted by molar-refractivity contribution is 6.30. The molecule has 0 radical (unpaired) electrons. The van der Waals surface area contributed by atoms with Gasteiger partial charge < -0.3 is 4.74 Å². The van der Waals surface area contributed by atoms with E-state index in [-0.39, 0.29) is 0 Å². The van der Waals surface area contributed by atoms with E-state index in [0.717, 1.165) is 12.1 Å². The number of rotatable bonds is 3. The van der Waals surface area contributed by atoms with Crippen molar-refractivity contribution in [2.24, 2.45) is 0 Å². The molecular weight excluding hydrogens is 222 g/mol. The molecule has 0 amide bonds. The Morgan fingerprint density at radius 1 is 1.19 bits per heavy atom. The zero-order valence-corrected chi connectivity index (χ0v) is 12.1. The standard InChI is InChI=1S/C9H12ClNO.2C2H6/c1-3-6-12-8-5-4-7(2)11-9(8)10;2*1-2/h4-5H,3,6H2,1-2H3;2*1-2H3. The van der Waals surface area contributed by atoms with Gasteiger partial charge in [-0.15, -0.1) is 0 Å². The van der Waals surface area contributed by atoms with E-state index in [2.05, 4.69) is 11.9 Å². The van der Waals surface area contributed by atoms with Gasteiger partial charge in [0.05, 0.1) is 6.61 Å². The van der Waals surface area contributed by atoms with Gasteiger partial charge in [0.1, 0.15) is 0 Å². The fourth-order valence-corrected chi connectivity index (χ4v) is 1.08. The SMILES string of the molecule is CC.CC.CCCOc1ccc(C)nc1Cl. The molecular formula is C13H24ClNO. The van der Waals surface area contributed by atoms with E-state index in [0.29, 0.717) is 17.5 Å². The summed E-state index contributed by atoms with van der Waals surface area (Å²) in [5.41, 5.74) is 0.906. The molecule has 0 saturated carbocycles. The topological polar surface area (TPSA) is 22.1 Å². The van der Waals surface area contributed by atoms with Crippen LogP contribution in [0.2, 0.25) is 5.15 Å². The van der Waals surface area contributed by atoms with Crippen LogP contribution in [-0.2, 0) is 0 Å². The van der Waals surface area contributed by atoms with Crippen LogP contribution in [0.4, 0.5) is 0 Å². The molecule has 0 saturated heterocycles. The number of halogens is 1. The Morgan fingerprint density at radius 3 is 2.19 bits per heavy atom. The van der Waals surface area contributed by atoms with E-state index in [4.69, 9.17) is 16.3 Å². The summed E-state index contributed by atoms with van der Waals surface area (Å²) in [6.07, 6.45) is 0.976. The third kappa shape index (κ3) is 7.52. The van der Waals surface area contributed by atoms with Crippen molar-refractivity contribution < 1.29 is 4.74 Å². The fourth-order valence-electron chi connectivity index (χ4n) is 0.832. The molecule has 0 spiro atoms. The number of aryl methyl sites for hydroxylation is 1. The number of nitrogens with zero attached hydrogens (tertiary/aromatic N) is 1. The Morgan fingerprint density at radius 2 is 1.75 bits per heavy atom. The zero-order chi connectivity index (χ0) is 13.0. The lowest BCUT2D eigenvalue weighted by atomic mass is 10.4. The van der Waals surface area contributed by atoms with Crippen molar-refractivity contribution in [1.29, 1.82) is 0 Å². The van der Waals surface area contributed by atoms with Gasteiger partial charge in [-0.3, -0.25) is 0 Å². The summed E-state index contributed by atoms with van der Waals surface area (Å²) in [5, 5.41) is 0.448. The van der Waals surface area contributed by atoms with E-state index in [9.17, 15) is 0 Å². The molecule has 0 bridgehead atoms. The van der Waals surface area contributed by atoms with Crippen LogP contribution in [0.25, 0.3) is 0 Å². The molecule has 1 heterocycles. The van der Waals surface area contributed by atoms with Gasteiger partial charge in [0.15, 0.2) is 10.9 Å². The van der Waals surface area contributed by atoms with Crippen molar-refractivity contribution in [1.82, 2.24) is 4.98 Å². The maximum atomic E-state index is 5.83. The zero-order valence-electron chi connectivity index (χ0n) is 11.3. The second-order valence-corrected chi connectivity index (χ2v) is 2.95. The first kappa shape index (κ1) is 17.6. The summed E-state index contributed by atoms with van der Waals surface area (Å²) >= 11 is 5.83. The largest absolute Gasteiger partial charge is 0.490 e. The Balaban J connectivity index is 0. The van der Waals surface area contributed by atoms with Gasteiger partial charge in [-0.1, -0.05) is 46.2 Å². The van der Waals surface area contributed by atoms with E-state index in [1.54, 1.807) is 0 Å². The highest BCUT2D eigenvalue weighted by Crippen LogP contribution is 2.21. The van der Waals surface area contributed by atoms with Crippen LogP contribution >= 0.6 is 11.6 Å². The van der Waals surface area contributed by atoms with Gasteiger partial charge in [0.2, 0.25) is 0 Å². The van der Waals surface area contributed by atoms with E-state index < -0.39 is 0 Å². The summed E-state index contributed by atoms with van der Waals surface area (Å²) in [4.78, 5) is 4.07. The number of pyridine rings is 1. The van der Waals surface area contributed by atoms with Crippen molar-refractivity contribution in [3.63, 3.8) is 0 Å². The lowest BCUT2D eigenvalue weighted by Gasteiger charge is -2.05. The lowest BCUT2D eigenvalue weighted by molar-refractivity contribution is 0.316. The van der Waals surface area contributed by atoms with Crippen molar-refractivity contribution >= 4 is 11.6 Å². The molecule has 16 heavy (non-hydrogen) atoms. The predicted molar refractivity (Wildman–Crippen MR) is 72.5 cm³/mol. The minimum absolute atomic E-state index is 0.448. The van der Waals surface area contributed by atoms with Crippen LogP contribution in [0.1, 0.15) is 46.7 Å². The highest BCUT2D eigenvalue weighted by Gasteiger charge is 2.01. The molecule has 0 unspecified atom stereocenters. The first-order valence-electron chi connectivity index (χ1n) is 6.00. The van der Waals surface area contributed by atoms with Crippen LogP contribution in [0.15, 0.2) is 12.1 Å². The Hall–Kier alpha value is -0.760. The van der Waals surface area contributed by atoms with Gasteiger partial charge in [-0.05, 0) is 25.5 Å². The molecule has 1 aromatic rings. The second kappa shape index (κ2) is 12.3. The van der Waals surface area contributed by atoms with Gasteiger partial charge >= 0.3 is 0 Å².